The molecule has 0 saturated carbocycles. The summed E-state index contributed by atoms with van der Waals surface area (Å²) in [6.45, 7) is 5.56. The van der Waals surface area contributed by atoms with Gasteiger partial charge in [-0.1, -0.05) is 0 Å². The first-order valence-electron chi connectivity index (χ1n) is 4.61. The number of phosphoric acid groups is 1. The van der Waals surface area contributed by atoms with Gasteiger partial charge < -0.3 is 9.05 Å². The molecule has 1 aromatic rings. The Morgan fingerprint density at radius 3 is 2.40 bits per heavy atom. The minimum atomic E-state index is -3.55. The van der Waals surface area contributed by atoms with E-state index in [9.17, 15) is 4.57 Å². The Morgan fingerprint density at radius 1 is 1.40 bits per heavy atom. The Kier molecular flexibility index (Phi) is 4.32. The molecular formula is C8H14NO5P. The third-order valence-corrected chi connectivity index (χ3v) is 2.95. The Hall–Kier alpha value is -0.840. The first kappa shape index (κ1) is 12.2. The van der Waals surface area contributed by atoms with E-state index in [0.717, 1.165) is 0 Å². The maximum absolute atomic E-state index is 11.8. The molecule has 1 aromatic heterocycles. The first-order valence-corrected chi connectivity index (χ1v) is 6.07. The predicted octanol–water partition coefficient (Wildman–Crippen LogP) is 2.54. The lowest BCUT2D eigenvalue weighted by atomic mass is 10.5. The number of hydrogen-bond donors (Lipinski definition) is 0. The molecule has 0 bridgehead atoms. The van der Waals surface area contributed by atoms with Crippen LogP contribution < -0.4 is 4.52 Å². The summed E-state index contributed by atoms with van der Waals surface area (Å²) < 4.78 is 31.4. The van der Waals surface area contributed by atoms with Crippen molar-refractivity contribution in [1.29, 1.82) is 0 Å². The molecule has 6 nitrogen and oxygen atoms in total. The summed E-state index contributed by atoms with van der Waals surface area (Å²) in [5.41, 5.74) is 0. The normalized spacial score (nSPS) is 11.7. The summed E-state index contributed by atoms with van der Waals surface area (Å²) in [5.74, 6) is 0.655. The van der Waals surface area contributed by atoms with Crippen LogP contribution in [0.5, 0.6) is 5.88 Å². The van der Waals surface area contributed by atoms with E-state index in [1.54, 1.807) is 20.8 Å². The van der Waals surface area contributed by atoms with E-state index in [2.05, 4.69) is 5.16 Å². The van der Waals surface area contributed by atoms with Crippen LogP contribution in [0.4, 0.5) is 0 Å². The third kappa shape index (κ3) is 3.66. The lowest BCUT2D eigenvalue weighted by molar-refractivity contribution is 0.163. The van der Waals surface area contributed by atoms with Gasteiger partial charge in [0.2, 0.25) is 0 Å². The minimum Gasteiger partial charge on any atom is -0.382 e. The number of nitrogens with zero attached hydrogens (tertiary/aromatic N) is 1. The molecule has 0 aromatic carbocycles. The monoisotopic (exact) mass is 235 g/mol. The summed E-state index contributed by atoms with van der Waals surface area (Å²) in [6, 6.07) is 1.50. The topological polar surface area (TPSA) is 70.8 Å². The second-order valence-electron chi connectivity index (χ2n) is 2.65. The molecule has 1 rings (SSSR count). The molecule has 0 unspecified atom stereocenters. The zero-order valence-electron chi connectivity index (χ0n) is 8.93. The molecule has 0 saturated heterocycles. The molecule has 15 heavy (non-hydrogen) atoms. The Labute approximate surface area is 88.1 Å². The maximum Gasteiger partial charge on any atom is 0.531 e. The summed E-state index contributed by atoms with van der Waals surface area (Å²) in [5, 5.41) is 3.54. The Morgan fingerprint density at radius 2 is 2.00 bits per heavy atom. The molecule has 86 valence electrons. The van der Waals surface area contributed by atoms with Gasteiger partial charge in [-0.2, -0.15) is 0 Å². The van der Waals surface area contributed by atoms with Crippen LogP contribution in [0.25, 0.3) is 0 Å². The van der Waals surface area contributed by atoms with Crippen LogP contribution in [0.2, 0.25) is 0 Å². The molecule has 7 heteroatoms. The van der Waals surface area contributed by atoms with Crippen molar-refractivity contribution in [1.82, 2.24) is 5.16 Å². The largest absolute Gasteiger partial charge is 0.531 e. The Balaban J connectivity index is 2.70. The van der Waals surface area contributed by atoms with E-state index in [1.807, 2.05) is 0 Å². The van der Waals surface area contributed by atoms with Crippen LogP contribution in [0.15, 0.2) is 10.6 Å². The average molecular weight is 235 g/mol. The van der Waals surface area contributed by atoms with Gasteiger partial charge in [0.25, 0.3) is 5.88 Å². The standard InChI is InChI=1S/C8H14NO5P/c1-4-11-15(10,12-5-2)14-8-6-7(3)13-9-8/h6H,4-5H2,1-3H3. The highest BCUT2D eigenvalue weighted by Gasteiger charge is 2.28. The van der Waals surface area contributed by atoms with Gasteiger partial charge in [0.05, 0.1) is 13.2 Å². The van der Waals surface area contributed by atoms with Crippen molar-refractivity contribution >= 4 is 7.82 Å². The highest BCUT2D eigenvalue weighted by atomic mass is 31.2. The first-order chi connectivity index (χ1) is 7.09. The fourth-order valence-corrected chi connectivity index (χ4v) is 2.03. The fraction of sp³-hybridized carbons (Fsp3) is 0.625. The zero-order valence-corrected chi connectivity index (χ0v) is 9.82. The molecule has 0 aliphatic carbocycles. The van der Waals surface area contributed by atoms with Crippen molar-refractivity contribution in [2.24, 2.45) is 0 Å². The van der Waals surface area contributed by atoms with Crippen molar-refractivity contribution in [2.45, 2.75) is 20.8 Å². The number of rotatable bonds is 6. The van der Waals surface area contributed by atoms with Crippen molar-refractivity contribution in [3.63, 3.8) is 0 Å². The van der Waals surface area contributed by atoms with E-state index in [4.69, 9.17) is 18.1 Å². The molecule has 0 N–H and O–H groups in total. The van der Waals surface area contributed by atoms with E-state index in [-0.39, 0.29) is 19.1 Å². The number of aromatic nitrogens is 1. The van der Waals surface area contributed by atoms with Gasteiger partial charge in [0.1, 0.15) is 5.76 Å². The highest BCUT2D eigenvalue weighted by Crippen LogP contribution is 2.48. The summed E-state index contributed by atoms with van der Waals surface area (Å²) in [6.07, 6.45) is 0. The highest BCUT2D eigenvalue weighted by molar-refractivity contribution is 7.48. The van der Waals surface area contributed by atoms with Crippen molar-refractivity contribution in [3.05, 3.63) is 11.8 Å². The van der Waals surface area contributed by atoms with Crippen LogP contribution in [-0.4, -0.2) is 18.4 Å². The van der Waals surface area contributed by atoms with E-state index < -0.39 is 7.82 Å². The number of hydrogen-bond acceptors (Lipinski definition) is 6. The van der Waals surface area contributed by atoms with Crippen LogP contribution in [0.3, 0.4) is 0 Å². The molecule has 0 aliphatic rings. The molecule has 0 spiro atoms. The van der Waals surface area contributed by atoms with Crippen LogP contribution in [0.1, 0.15) is 19.6 Å². The lowest BCUT2D eigenvalue weighted by Gasteiger charge is -2.14. The molecular weight excluding hydrogens is 221 g/mol. The quantitative estimate of drug-likeness (QED) is 0.705. The average Bonchev–Trinajstić information content (AvgIpc) is 2.51. The number of phosphoric ester groups is 1. The van der Waals surface area contributed by atoms with Gasteiger partial charge in [-0.15, -0.1) is 0 Å². The van der Waals surface area contributed by atoms with Gasteiger partial charge in [0.15, 0.2) is 0 Å². The zero-order chi connectivity index (χ0) is 11.3. The van der Waals surface area contributed by atoms with E-state index in [0.29, 0.717) is 5.76 Å². The van der Waals surface area contributed by atoms with Gasteiger partial charge in [-0.25, -0.2) is 4.57 Å². The Bertz CT molecular complexity index is 341. The second-order valence-corrected chi connectivity index (χ2v) is 4.24. The molecule has 0 radical (unpaired) electrons. The molecule has 0 atom stereocenters. The number of aryl methyl sites for hydroxylation is 1. The molecule has 0 amide bonds. The summed E-state index contributed by atoms with van der Waals surface area (Å²) in [7, 11) is -3.55. The summed E-state index contributed by atoms with van der Waals surface area (Å²) in [4.78, 5) is 0. The van der Waals surface area contributed by atoms with Gasteiger partial charge in [-0.3, -0.25) is 9.05 Å². The molecule has 0 aliphatic heterocycles. The minimum absolute atomic E-state index is 0.0951. The summed E-state index contributed by atoms with van der Waals surface area (Å²) >= 11 is 0. The van der Waals surface area contributed by atoms with Crippen molar-refractivity contribution in [3.8, 4) is 5.88 Å². The fourth-order valence-electron chi connectivity index (χ4n) is 0.907. The SMILES string of the molecule is CCOP(=O)(OCC)Oc1cc(C)on1. The maximum atomic E-state index is 11.8. The molecule has 0 fully saturated rings. The smallest absolute Gasteiger partial charge is 0.382 e. The van der Waals surface area contributed by atoms with Gasteiger partial charge in [-0.05, 0) is 25.9 Å². The third-order valence-electron chi connectivity index (χ3n) is 1.39. The van der Waals surface area contributed by atoms with Crippen LogP contribution in [-0.2, 0) is 13.6 Å². The van der Waals surface area contributed by atoms with Crippen molar-refractivity contribution in [2.75, 3.05) is 13.2 Å². The molecule has 1 heterocycles. The van der Waals surface area contributed by atoms with Crippen LogP contribution >= 0.6 is 7.82 Å². The van der Waals surface area contributed by atoms with Crippen LogP contribution in [0, 0.1) is 6.92 Å². The van der Waals surface area contributed by atoms with Gasteiger partial charge in [0, 0.05) is 6.07 Å². The van der Waals surface area contributed by atoms with E-state index in [1.165, 1.54) is 6.07 Å². The predicted molar refractivity (Wildman–Crippen MR) is 52.7 cm³/mol. The van der Waals surface area contributed by atoms with Crippen molar-refractivity contribution < 1.29 is 22.7 Å². The lowest BCUT2D eigenvalue weighted by Crippen LogP contribution is -2.02. The van der Waals surface area contributed by atoms with E-state index >= 15 is 0 Å². The second kappa shape index (κ2) is 5.30. The van der Waals surface area contributed by atoms with Gasteiger partial charge >= 0.3 is 7.82 Å².